The lowest BCUT2D eigenvalue weighted by molar-refractivity contribution is -0.169. The first kappa shape index (κ1) is 20.9. The van der Waals surface area contributed by atoms with Crippen LogP contribution >= 0.6 is 0 Å². The summed E-state index contributed by atoms with van der Waals surface area (Å²) in [6.45, 7) is 12.3. The van der Waals surface area contributed by atoms with Crippen LogP contribution < -0.4 is 0 Å². The van der Waals surface area contributed by atoms with Crippen molar-refractivity contribution in [3.05, 3.63) is 36.0 Å². The van der Waals surface area contributed by atoms with Gasteiger partial charge in [0.25, 0.3) is 0 Å². The topological polar surface area (TPSA) is 55.8 Å². The Balaban J connectivity index is 1.70. The van der Waals surface area contributed by atoms with Crippen LogP contribution in [0.15, 0.2) is 36.0 Å². The number of allylic oxidation sites excluding steroid dienone is 2. The summed E-state index contributed by atoms with van der Waals surface area (Å²) >= 11 is 0. The third kappa shape index (κ3) is 2.97. The van der Waals surface area contributed by atoms with Crippen molar-refractivity contribution >= 4 is 5.97 Å². The summed E-state index contributed by atoms with van der Waals surface area (Å²) in [6.07, 6.45) is 9.79. The van der Waals surface area contributed by atoms with Crippen LogP contribution in [0, 0.1) is 29.1 Å². The number of aliphatic hydroxyl groups is 1. The van der Waals surface area contributed by atoms with Crippen LogP contribution in [0.5, 0.6) is 0 Å². The molecule has 0 amide bonds. The molecule has 0 spiro atoms. The van der Waals surface area contributed by atoms with Gasteiger partial charge in [-0.25, -0.2) is 0 Å². The average Bonchev–Trinajstić information content (AvgIpc) is 2.98. The highest BCUT2D eigenvalue weighted by Crippen LogP contribution is 2.68. The summed E-state index contributed by atoms with van der Waals surface area (Å²) in [5.41, 5.74) is 2.47. The van der Waals surface area contributed by atoms with Crippen molar-refractivity contribution in [3.8, 4) is 0 Å². The van der Waals surface area contributed by atoms with Gasteiger partial charge in [0.2, 0.25) is 0 Å². The first-order valence-corrected chi connectivity index (χ1v) is 11.2. The second-order valence-electron chi connectivity index (χ2n) is 10.0. The molecule has 0 saturated heterocycles. The molecule has 4 heteroatoms. The molecule has 4 aliphatic rings. The monoisotopic (exact) mass is 400 g/mol. The smallest absolute Gasteiger partial charge is 0.303 e. The van der Waals surface area contributed by atoms with E-state index in [1.807, 2.05) is 0 Å². The molecule has 0 radical (unpaired) electrons. The third-order valence-electron chi connectivity index (χ3n) is 8.81. The molecule has 0 bridgehead atoms. The lowest BCUT2D eigenvalue weighted by Gasteiger charge is -2.57. The highest BCUT2D eigenvalue weighted by molar-refractivity contribution is 5.67. The predicted octanol–water partition coefficient (Wildman–Crippen LogP) is 4.59. The number of esters is 1. The molecule has 7 atom stereocenters. The zero-order valence-corrected chi connectivity index (χ0v) is 18.2. The fourth-order valence-corrected chi connectivity index (χ4v) is 7.70. The number of hydrogen-bond acceptors (Lipinski definition) is 4. The number of hydrogen-bond donors (Lipinski definition) is 1. The van der Waals surface area contributed by atoms with Crippen LogP contribution in [0.25, 0.3) is 0 Å². The molecule has 0 heterocycles. The molecule has 0 aliphatic heterocycles. The molecule has 0 unspecified atom stereocenters. The standard InChI is InChI=1S/C25H36O4/c1-15-13-24(4)22(10-11-25(24,16(2)14-26)29-17(3)27)21-8-6-18-12-19(28-5)7-9-20(18)23(15)21/h12,19-23,26H,1-2,6-11,13-14H2,3-5H3/t19-,20-,21-,22-,23+,24-,25+/m0/s1. The number of aliphatic hydroxyl groups excluding tert-OH is 1. The molecule has 0 aromatic heterocycles. The highest BCUT2D eigenvalue weighted by atomic mass is 16.6. The summed E-state index contributed by atoms with van der Waals surface area (Å²) in [5, 5.41) is 9.95. The van der Waals surface area contributed by atoms with Gasteiger partial charge < -0.3 is 14.6 Å². The Morgan fingerprint density at radius 3 is 2.72 bits per heavy atom. The molecule has 1 N–H and O–H groups in total. The van der Waals surface area contributed by atoms with Gasteiger partial charge in [0.15, 0.2) is 0 Å². The summed E-state index contributed by atoms with van der Waals surface area (Å²) < 4.78 is 11.6. The molecule has 4 nitrogen and oxygen atoms in total. The first-order valence-electron chi connectivity index (χ1n) is 11.2. The zero-order chi connectivity index (χ0) is 21.0. The van der Waals surface area contributed by atoms with Crippen LogP contribution in [-0.2, 0) is 14.3 Å². The van der Waals surface area contributed by atoms with Gasteiger partial charge in [-0.15, -0.1) is 0 Å². The maximum absolute atomic E-state index is 12.1. The van der Waals surface area contributed by atoms with Crippen LogP contribution in [0.1, 0.15) is 58.8 Å². The number of fused-ring (bicyclic) bond motifs is 5. The Morgan fingerprint density at radius 2 is 2.07 bits per heavy atom. The van der Waals surface area contributed by atoms with Crippen molar-refractivity contribution in [2.75, 3.05) is 13.7 Å². The Morgan fingerprint density at radius 1 is 1.31 bits per heavy atom. The molecular weight excluding hydrogens is 364 g/mol. The van der Waals surface area contributed by atoms with Crippen molar-refractivity contribution in [2.45, 2.75) is 70.5 Å². The Hall–Kier alpha value is -1.39. The van der Waals surface area contributed by atoms with Gasteiger partial charge in [-0.2, -0.15) is 0 Å². The molecule has 4 aliphatic carbocycles. The fraction of sp³-hybridized carbons (Fsp3) is 0.720. The molecule has 3 fully saturated rings. The van der Waals surface area contributed by atoms with E-state index < -0.39 is 5.60 Å². The largest absolute Gasteiger partial charge is 0.454 e. The van der Waals surface area contributed by atoms with E-state index in [9.17, 15) is 9.90 Å². The van der Waals surface area contributed by atoms with E-state index in [4.69, 9.17) is 9.47 Å². The summed E-state index contributed by atoms with van der Waals surface area (Å²) in [5.74, 6) is 1.83. The minimum Gasteiger partial charge on any atom is -0.454 e. The van der Waals surface area contributed by atoms with Crippen LogP contribution in [0.3, 0.4) is 0 Å². The fourth-order valence-electron chi connectivity index (χ4n) is 7.70. The van der Waals surface area contributed by atoms with E-state index in [-0.39, 0.29) is 24.1 Å². The molecular formula is C25H36O4. The second-order valence-corrected chi connectivity index (χ2v) is 10.0. The van der Waals surface area contributed by atoms with Gasteiger partial charge in [0.05, 0.1) is 12.7 Å². The van der Waals surface area contributed by atoms with E-state index in [2.05, 4.69) is 26.2 Å². The van der Waals surface area contributed by atoms with Crippen LogP contribution in [-0.4, -0.2) is 36.5 Å². The maximum Gasteiger partial charge on any atom is 0.303 e. The molecule has 0 aromatic carbocycles. The minimum atomic E-state index is -0.782. The number of carbonyl (C=O) groups is 1. The van der Waals surface area contributed by atoms with E-state index >= 15 is 0 Å². The number of methoxy groups -OCH3 is 1. The summed E-state index contributed by atoms with van der Waals surface area (Å²) in [6, 6.07) is 0. The van der Waals surface area contributed by atoms with E-state index in [0.717, 1.165) is 38.5 Å². The predicted molar refractivity (Wildman–Crippen MR) is 113 cm³/mol. The van der Waals surface area contributed by atoms with Crippen LogP contribution in [0.2, 0.25) is 0 Å². The summed E-state index contributed by atoms with van der Waals surface area (Å²) in [4.78, 5) is 12.1. The van der Waals surface area contributed by atoms with E-state index in [0.29, 0.717) is 29.2 Å². The third-order valence-corrected chi connectivity index (χ3v) is 8.81. The Kier molecular flexibility index (Phi) is 5.31. The molecule has 0 aromatic rings. The van der Waals surface area contributed by atoms with Crippen LogP contribution in [0.4, 0.5) is 0 Å². The molecule has 160 valence electrons. The number of carbonyl (C=O) groups excluding carboxylic acids is 1. The highest BCUT2D eigenvalue weighted by Gasteiger charge is 2.66. The normalized spacial score (nSPS) is 43.7. The van der Waals surface area contributed by atoms with E-state index in [1.54, 1.807) is 12.7 Å². The van der Waals surface area contributed by atoms with Gasteiger partial charge in [0.1, 0.15) is 5.60 Å². The molecule has 29 heavy (non-hydrogen) atoms. The molecule has 4 rings (SSSR count). The van der Waals surface area contributed by atoms with Crippen molar-refractivity contribution in [1.82, 2.24) is 0 Å². The lowest BCUT2D eigenvalue weighted by atomic mass is 9.48. The zero-order valence-electron chi connectivity index (χ0n) is 18.2. The van der Waals surface area contributed by atoms with Crippen molar-refractivity contribution < 1.29 is 19.4 Å². The average molecular weight is 401 g/mol. The Bertz CT molecular complexity index is 752. The SMILES string of the molecule is C=C1C[C@@]2(C)[C@@H](CC[C@@]2(OC(C)=O)C(=C)CO)[C@@H]2CCC3=C[C@@H](OC)CC[C@@H]3[C@@H]12. The minimum absolute atomic E-state index is 0.149. The van der Waals surface area contributed by atoms with Crippen molar-refractivity contribution in [3.63, 3.8) is 0 Å². The van der Waals surface area contributed by atoms with Gasteiger partial charge in [-0.3, -0.25) is 4.79 Å². The van der Waals surface area contributed by atoms with E-state index in [1.165, 1.54) is 18.9 Å². The quantitative estimate of drug-likeness (QED) is 0.554. The van der Waals surface area contributed by atoms with Gasteiger partial charge in [0, 0.05) is 19.4 Å². The van der Waals surface area contributed by atoms with Crippen molar-refractivity contribution in [1.29, 1.82) is 0 Å². The lowest BCUT2D eigenvalue weighted by Crippen LogP contribution is -2.56. The van der Waals surface area contributed by atoms with Crippen molar-refractivity contribution in [2.24, 2.45) is 29.1 Å². The Labute approximate surface area is 175 Å². The van der Waals surface area contributed by atoms with Gasteiger partial charge in [-0.1, -0.05) is 37.3 Å². The maximum atomic E-state index is 12.1. The first-order chi connectivity index (χ1) is 13.8. The molecule has 3 saturated carbocycles. The van der Waals surface area contributed by atoms with Gasteiger partial charge >= 0.3 is 5.97 Å². The number of rotatable bonds is 4. The number of ether oxygens (including phenoxy) is 2. The summed E-state index contributed by atoms with van der Waals surface area (Å²) in [7, 11) is 1.81. The second kappa shape index (κ2) is 7.39. The van der Waals surface area contributed by atoms with Gasteiger partial charge in [-0.05, 0) is 74.2 Å².